The maximum atomic E-state index is 9.52. The quantitative estimate of drug-likeness (QED) is 0.340. The molecule has 0 N–H and O–H groups in total. The second-order valence-electron chi connectivity index (χ2n) is 0.612. The minimum absolute atomic E-state index is 0. The molecule has 1 heterocycles. The third-order valence-electron chi connectivity index (χ3n) is 0.222. The van der Waals surface area contributed by atoms with E-state index in [-0.39, 0.29) is 21.7 Å². The van der Waals surface area contributed by atoms with Crippen molar-refractivity contribution < 1.29 is 43.8 Å². The van der Waals surface area contributed by atoms with Gasteiger partial charge in [-0.05, 0) is 13.7 Å². The fourth-order valence-electron chi connectivity index (χ4n) is 0.0731. The molecule has 0 saturated carbocycles. The minimum atomic E-state index is -3.70. The first-order chi connectivity index (χ1) is 2.71. The molecule has 0 aromatic carbocycles. The zero-order chi connectivity index (χ0) is 4.62. The van der Waals surface area contributed by atoms with Gasteiger partial charge in [0.1, 0.15) is 0 Å². The predicted octanol–water partition coefficient (Wildman–Crippen LogP) is -0.878. The number of rotatable bonds is 0. The topological polar surface area (TPSA) is 61.8 Å². The molecule has 0 aromatic rings. The smallest absolute Gasteiger partial charge is 0.164 e. The van der Waals surface area contributed by atoms with Gasteiger partial charge in [0.2, 0.25) is 0 Å². The molecule has 0 bridgehead atoms. The summed E-state index contributed by atoms with van der Waals surface area (Å²) < 4.78 is 25.8. The third kappa shape index (κ3) is 1.85. The van der Waals surface area contributed by atoms with Crippen molar-refractivity contribution in [2.45, 2.75) is 0 Å². The van der Waals surface area contributed by atoms with Gasteiger partial charge >= 0.3 is 10.4 Å². The fourth-order valence-corrected chi connectivity index (χ4v) is 0.219. The Balaban J connectivity index is 0.000000360. The van der Waals surface area contributed by atoms with Gasteiger partial charge in [0, 0.05) is 21.7 Å². The zero-order valence-electron chi connectivity index (χ0n) is 2.95. The summed E-state index contributed by atoms with van der Waals surface area (Å²) in [5, 5.41) is 3.35. The molecule has 0 radical (unpaired) electrons. The van der Waals surface area contributed by atoms with Crippen molar-refractivity contribution in [3.05, 3.63) is 0 Å². The normalized spacial score (nSPS) is 24.6. The summed E-state index contributed by atoms with van der Waals surface area (Å²) in [6.07, 6.45) is 0. The molecule has 0 atom stereocenters. The van der Waals surface area contributed by atoms with Gasteiger partial charge in [-0.1, -0.05) is 0 Å². The molecule has 1 rings (SSSR count). The summed E-state index contributed by atoms with van der Waals surface area (Å²) in [6, 6.07) is 0. The molecule has 0 aliphatic carbocycles. The molecule has 1 aliphatic heterocycles. The summed E-state index contributed by atoms with van der Waals surface area (Å²) in [4.78, 5) is 0. The van der Waals surface area contributed by atoms with E-state index in [1.807, 2.05) is 0 Å². The van der Waals surface area contributed by atoms with Crippen LogP contribution < -0.4 is 0 Å². The molecule has 1 aliphatic rings. The van der Waals surface area contributed by atoms with Crippen molar-refractivity contribution in [1.82, 2.24) is 0 Å². The van der Waals surface area contributed by atoms with E-state index < -0.39 is 10.4 Å². The second-order valence-corrected chi connectivity index (χ2v) is 1.70. The van der Waals surface area contributed by atoms with E-state index in [4.69, 9.17) is 0 Å². The first-order valence-electron chi connectivity index (χ1n) is 1.00. The van der Waals surface area contributed by atoms with E-state index in [1.54, 1.807) is 0 Å². The maximum absolute atomic E-state index is 9.52. The van der Waals surface area contributed by atoms with Gasteiger partial charge in [-0.25, -0.2) is 0 Å². The molecule has 1 fully saturated rings. The number of hydrogen-bond donors (Lipinski definition) is 0. The van der Waals surface area contributed by atoms with Crippen molar-refractivity contribution >= 4 is 10.4 Å². The van der Waals surface area contributed by atoms with Crippen LogP contribution in [0.2, 0.25) is 0 Å². The van der Waals surface area contributed by atoms with Crippen molar-refractivity contribution in [3.63, 3.8) is 0 Å². The molecule has 7 heteroatoms. The Kier molecular flexibility index (Phi) is 2.38. The average Bonchev–Trinajstić information content (AvgIpc) is 1.32. The monoisotopic (exact) mass is 160 g/mol. The van der Waals surface area contributed by atoms with Crippen LogP contribution in [-0.2, 0) is 45.8 Å². The van der Waals surface area contributed by atoms with Crippen LogP contribution in [0.15, 0.2) is 0 Å². The fraction of sp³-hybridized carbons (Fsp3) is 0. The van der Waals surface area contributed by atoms with Gasteiger partial charge in [-0.15, -0.1) is 0 Å². The third-order valence-corrected chi connectivity index (χ3v) is 0.667. The van der Waals surface area contributed by atoms with Crippen LogP contribution in [0.25, 0.3) is 0 Å². The van der Waals surface area contributed by atoms with Gasteiger partial charge in [0.25, 0.3) is 0 Å². The van der Waals surface area contributed by atoms with Gasteiger partial charge in [0.05, 0.1) is 0 Å². The SMILES string of the molecule is O=S1(=O)OOO1.[Ti]. The molecular formula is O5STi. The van der Waals surface area contributed by atoms with E-state index in [0.717, 1.165) is 0 Å². The summed E-state index contributed by atoms with van der Waals surface area (Å²) in [5.74, 6) is 0. The van der Waals surface area contributed by atoms with E-state index in [9.17, 15) is 8.42 Å². The van der Waals surface area contributed by atoms with Gasteiger partial charge < -0.3 is 0 Å². The standard InChI is InChI=1S/O5S.Ti/c1-6(2)4-3-5-6;. The molecule has 40 valence electrons. The molecular weight excluding hydrogens is 160 g/mol. The van der Waals surface area contributed by atoms with Crippen molar-refractivity contribution in [3.8, 4) is 0 Å². The van der Waals surface area contributed by atoms with Crippen LogP contribution in [0, 0.1) is 0 Å². The minimum Gasteiger partial charge on any atom is -0.164 e. The predicted molar refractivity (Wildman–Crippen MR) is 12.2 cm³/mol. The maximum Gasteiger partial charge on any atom is 0.457 e. The first kappa shape index (κ1) is 7.54. The van der Waals surface area contributed by atoms with Crippen molar-refractivity contribution in [1.29, 1.82) is 0 Å². The largest absolute Gasteiger partial charge is 0.457 e. The Labute approximate surface area is 54.6 Å². The molecule has 0 spiro atoms. The van der Waals surface area contributed by atoms with Crippen molar-refractivity contribution in [2.24, 2.45) is 0 Å². The first-order valence-corrected chi connectivity index (χ1v) is 2.33. The molecule has 5 nitrogen and oxygen atoms in total. The van der Waals surface area contributed by atoms with E-state index in [0.29, 0.717) is 0 Å². The van der Waals surface area contributed by atoms with Gasteiger partial charge in [-0.3, -0.25) is 0 Å². The van der Waals surface area contributed by atoms with Crippen LogP contribution in [-0.4, -0.2) is 8.42 Å². The van der Waals surface area contributed by atoms with Crippen LogP contribution in [0.4, 0.5) is 0 Å². The van der Waals surface area contributed by atoms with Crippen LogP contribution in [0.3, 0.4) is 0 Å². The Bertz CT molecular complexity index is 122. The molecule has 0 aromatic heterocycles. The summed E-state index contributed by atoms with van der Waals surface area (Å²) in [7, 11) is -3.70. The zero-order valence-corrected chi connectivity index (χ0v) is 5.33. The summed E-state index contributed by atoms with van der Waals surface area (Å²) >= 11 is 0. The Morgan fingerprint density at radius 3 is 1.43 bits per heavy atom. The van der Waals surface area contributed by atoms with E-state index >= 15 is 0 Å². The van der Waals surface area contributed by atoms with E-state index in [2.05, 4.69) is 13.7 Å². The number of hydrogen-bond acceptors (Lipinski definition) is 5. The second kappa shape index (κ2) is 2.21. The van der Waals surface area contributed by atoms with Crippen LogP contribution >= 0.6 is 0 Å². The van der Waals surface area contributed by atoms with Crippen LogP contribution in [0.1, 0.15) is 0 Å². The molecule has 1 saturated heterocycles. The Hall–Kier alpha value is 0.544. The Morgan fingerprint density at radius 2 is 1.43 bits per heavy atom. The summed E-state index contributed by atoms with van der Waals surface area (Å²) in [5.41, 5.74) is 0. The van der Waals surface area contributed by atoms with E-state index in [1.165, 1.54) is 0 Å². The average molecular weight is 160 g/mol. The van der Waals surface area contributed by atoms with Gasteiger partial charge in [-0.2, -0.15) is 8.42 Å². The molecule has 7 heavy (non-hydrogen) atoms. The summed E-state index contributed by atoms with van der Waals surface area (Å²) in [6.45, 7) is 0. The Morgan fingerprint density at radius 1 is 1.14 bits per heavy atom. The van der Waals surface area contributed by atoms with Crippen LogP contribution in [0.5, 0.6) is 0 Å². The van der Waals surface area contributed by atoms with Gasteiger partial charge in [0.15, 0.2) is 0 Å². The molecule has 0 unspecified atom stereocenters. The van der Waals surface area contributed by atoms with Crippen molar-refractivity contribution in [2.75, 3.05) is 0 Å². The molecule has 0 amide bonds.